The van der Waals surface area contributed by atoms with Crippen LogP contribution < -0.4 is 10.6 Å². The molecule has 126 valence electrons. The van der Waals surface area contributed by atoms with Crippen LogP contribution in [0, 0.1) is 0 Å². The van der Waals surface area contributed by atoms with Crippen LogP contribution >= 0.6 is 0 Å². The van der Waals surface area contributed by atoms with E-state index in [2.05, 4.69) is 10.6 Å². The van der Waals surface area contributed by atoms with Crippen LogP contribution in [0.2, 0.25) is 0 Å². The van der Waals surface area contributed by atoms with E-state index < -0.39 is 6.10 Å². The molecule has 0 aromatic heterocycles. The molecule has 0 spiro atoms. The first-order valence-electron chi connectivity index (χ1n) is 8.01. The maximum absolute atomic E-state index is 12.1. The number of rotatable bonds is 7. The Balaban J connectivity index is 1.93. The Morgan fingerprint density at radius 2 is 1.58 bits per heavy atom. The van der Waals surface area contributed by atoms with Crippen LogP contribution in [0.4, 0.5) is 11.4 Å². The van der Waals surface area contributed by atoms with E-state index >= 15 is 0 Å². The zero-order chi connectivity index (χ0) is 17.4. The number of carbonyl (C=O) groups is 2. The summed E-state index contributed by atoms with van der Waals surface area (Å²) in [6.07, 6.45) is 0.356. The summed E-state index contributed by atoms with van der Waals surface area (Å²) in [7, 11) is 0. The Hall–Kier alpha value is -2.66. The normalized spacial score (nSPS) is 11.6. The molecule has 0 fully saturated rings. The largest absolute Gasteiger partial charge is 0.388 e. The molecule has 2 rings (SSSR count). The molecule has 0 aliphatic heterocycles. The van der Waals surface area contributed by atoms with Crippen molar-refractivity contribution < 1.29 is 14.7 Å². The van der Waals surface area contributed by atoms with Gasteiger partial charge in [-0.25, -0.2) is 0 Å². The van der Waals surface area contributed by atoms with Crippen LogP contribution in [0.3, 0.4) is 0 Å². The lowest BCUT2D eigenvalue weighted by Crippen LogP contribution is -2.16. The third-order valence-electron chi connectivity index (χ3n) is 3.47. The van der Waals surface area contributed by atoms with Crippen molar-refractivity contribution in [1.29, 1.82) is 0 Å². The highest BCUT2D eigenvalue weighted by Crippen LogP contribution is 2.19. The average Bonchev–Trinajstić information content (AvgIpc) is 2.56. The molecule has 0 aliphatic rings. The van der Waals surface area contributed by atoms with Gasteiger partial charge in [-0.1, -0.05) is 43.3 Å². The maximum Gasteiger partial charge on any atom is 0.227 e. The molecule has 5 heteroatoms. The molecule has 0 heterocycles. The van der Waals surface area contributed by atoms with Gasteiger partial charge in [0, 0.05) is 17.8 Å². The molecule has 24 heavy (non-hydrogen) atoms. The first kappa shape index (κ1) is 17.7. The molecule has 0 saturated carbocycles. The minimum absolute atomic E-state index is 0.0313. The monoisotopic (exact) mass is 326 g/mol. The fraction of sp³-hybridized carbons (Fsp3) is 0.263. The summed E-state index contributed by atoms with van der Waals surface area (Å²) in [5.41, 5.74) is 1.91. The Morgan fingerprint density at radius 1 is 0.958 bits per heavy atom. The molecule has 1 atom stereocenters. The number of carbonyl (C=O) groups excluding carboxylic acids is 2. The van der Waals surface area contributed by atoms with Crippen LogP contribution in [0.5, 0.6) is 0 Å². The Kier molecular flexibility index (Phi) is 6.51. The number of benzene rings is 2. The summed E-state index contributed by atoms with van der Waals surface area (Å²) in [5.74, 6) is -0.344. The number of aliphatic hydroxyl groups is 1. The smallest absolute Gasteiger partial charge is 0.227 e. The average molecular weight is 326 g/mol. The second-order valence-electron chi connectivity index (χ2n) is 5.56. The van der Waals surface area contributed by atoms with Gasteiger partial charge in [0.05, 0.1) is 12.5 Å². The highest BCUT2D eigenvalue weighted by molar-refractivity contribution is 5.94. The van der Waals surface area contributed by atoms with Gasteiger partial charge >= 0.3 is 0 Å². The highest BCUT2D eigenvalue weighted by atomic mass is 16.3. The molecule has 1 unspecified atom stereocenters. The van der Waals surface area contributed by atoms with Gasteiger partial charge in [-0.3, -0.25) is 9.59 Å². The zero-order valence-corrected chi connectivity index (χ0v) is 13.7. The SMILES string of the molecule is CCCC(=O)Nc1cccc(NC(=O)CC(O)c2ccccc2)c1. The number of hydrogen-bond acceptors (Lipinski definition) is 3. The van der Waals surface area contributed by atoms with Crippen LogP contribution in [0.25, 0.3) is 0 Å². The van der Waals surface area contributed by atoms with E-state index in [9.17, 15) is 14.7 Å². The van der Waals surface area contributed by atoms with E-state index in [1.165, 1.54) is 0 Å². The minimum atomic E-state index is -0.848. The summed E-state index contributed by atoms with van der Waals surface area (Å²) in [5, 5.41) is 15.6. The first-order valence-corrected chi connectivity index (χ1v) is 8.01. The highest BCUT2D eigenvalue weighted by Gasteiger charge is 2.13. The van der Waals surface area contributed by atoms with Gasteiger partial charge in [0.15, 0.2) is 0 Å². The lowest BCUT2D eigenvalue weighted by atomic mass is 10.1. The van der Waals surface area contributed by atoms with E-state index in [4.69, 9.17) is 0 Å². The lowest BCUT2D eigenvalue weighted by molar-refractivity contribution is -0.118. The quantitative estimate of drug-likeness (QED) is 0.729. The molecular weight excluding hydrogens is 304 g/mol. The Labute approximate surface area is 141 Å². The molecule has 2 aromatic rings. The topological polar surface area (TPSA) is 78.4 Å². The fourth-order valence-corrected chi connectivity index (χ4v) is 2.31. The number of nitrogens with one attached hydrogen (secondary N) is 2. The number of hydrogen-bond donors (Lipinski definition) is 3. The predicted octanol–water partition coefficient (Wildman–Crippen LogP) is 3.49. The van der Waals surface area contributed by atoms with Crippen LogP contribution in [-0.4, -0.2) is 16.9 Å². The van der Waals surface area contributed by atoms with E-state index in [1.54, 1.807) is 36.4 Å². The van der Waals surface area contributed by atoms with Gasteiger partial charge < -0.3 is 15.7 Å². The van der Waals surface area contributed by atoms with E-state index in [0.717, 1.165) is 6.42 Å². The first-order chi connectivity index (χ1) is 11.6. The van der Waals surface area contributed by atoms with Crippen molar-refractivity contribution in [3.63, 3.8) is 0 Å². The second kappa shape index (κ2) is 8.84. The van der Waals surface area contributed by atoms with Gasteiger partial charge in [-0.15, -0.1) is 0 Å². The van der Waals surface area contributed by atoms with Crippen molar-refractivity contribution in [3.05, 3.63) is 60.2 Å². The molecule has 2 amide bonds. The van der Waals surface area contributed by atoms with Crippen LogP contribution in [0.1, 0.15) is 37.9 Å². The number of amides is 2. The van der Waals surface area contributed by atoms with Crippen molar-refractivity contribution >= 4 is 23.2 Å². The summed E-state index contributed by atoms with van der Waals surface area (Å²) in [6, 6.07) is 16.0. The third-order valence-corrected chi connectivity index (χ3v) is 3.47. The molecule has 0 saturated heterocycles. The third kappa shape index (κ3) is 5.52. The Bertz CT molecular complexity index is 686. The molecule has 2 aromatic carbocycles. The van der Waals surface area contributed by atoms with E-state index in [-0.39, 0.29) is 18.2 Å². The standard InChI is InChI=1S/C19H22N2O3/c1-2-7-18(23)20-15-10-6-11-16(12-15)21-19(24)13-17(22)14-8-4-3-5-9-14/h3-6,8-12,17,22H,2,7,13H2,1H3,(H,20,23)(H,21,24). The molecular formula is C19H22N2O3. The molecule has 0 radical (unpaired) electrons. The van der Waals surface area contributed by atoms with Crippen LogP contribution in [-0.2, 0) is 9.59 Å². The van der Waals surface area contributed by atoms with Crippen LogP contribution in [0.15, 0.2) is 54.6 Å². The van der Waals surface area contributed by atoms with Gasteiger partial charge in [-0.05, 0) is 30.2 Å². The van der Waals surface area contributed by atoms with Crippen molar-refractivity contribution in [2.24, 2.45) is 0 Å². The summed E-state index contributed by atoms with van der Waals surface area (Å²) in [6.45, 7) is 1.94. The summed E-state index contributed by atoms with van der Waals surface area (Å²) < 4.78 is 0. The number of anilines is 2. The molecule has 5 nitrogen and oxygen atoms in total. The van der Waals surface area contributed by atoms with Gasteiger partial charge in [-0.2, -0.15) is 0 Å². The van der Waals surface area contributed by atoms with Crippen molar-refractivity contribution in [2.45, 2.75) is 32.3 Å². The molecule has 3 N–H and O–H groups in total. The van der Waals surface area contributed by atoms with Crippen molar-refractivity contribution in [2.75, 3.05) is 10.6 Å². The van der Waals surface area contributed by atoms with Gasteiger partial charge in [0.1, 0.15) is 0 Å². The molecule has 0 bridgehead atoms. The minimum Gasteiger partial charge on any atom is -0.388 e. The zero-order valence-electron chi connectivity index (χ0n) is 13.7. The van der Waals surface area contributed by atoms with E-state index in [1.807, 2.05) is 25.1 Å². The van der Waals surface area contributed by atoms with Gasteiger partial charge in [0.25, 0.3) is 0 Å². The maximum atomic E-state index is 12.1. The summed E-state index contributed by atoms with van der Waals surface area (Å²) >= 11 is 0. The Morgan fingerprint density at radius 3 is 2.21 bits per heavy atom. The summed E-state index contributed by atoms with van der Waals surface area (Å²) in [4.78, 5) is 23.7. The van der Waals surface area contributed by atoms with Gasteiger partial charge in [0.2, 0.25) is 11.8 Å². The second-order valence-corrected chi connectivity index (χ2v) is 5.56. The van der Waals surface area contributed by atoms with E-state index in [0.29, 0.717) is 23.4 Å². The van der Waals surface area contributed by atoms with Crippen molar-refractivity contribution in [3.8, 4) is 0 Å². The number of aliphatic hydroxyl groups excluding tert-OH is 1. The lowest BCUT2D eigenvalue weighted by Gasteiger charge is -2.12. The van der Waals surface area contributed by atoms with Crippen molar-refractivity contribution in [1.82, 2.24) is 0 Å². The fourth-order valence-electron chi connectivity index (χ4n) is 2.31. The molecule has 0 aliphatic carbocycles. The predicted molar refractivity (Wildman–Crippen MR) is 94.6 cm³/mol.